The third-order valence-electron chi connectivity index (χ3n) is 6.51. The van der Waals surface area contributed by atoms with Gasteiger partial charge in [0.1, 0.15) is 0 Å². The van der Waals surface area contributed by atoms with Gasteiger partial charge in [0, 0.05) is 33.8 Å². The largest absolute Gasteiger partial charge is 0.392 e. The summed E-state index contributed by atoms with van der Waals surface area (Å²) in [5, 5.41) is 16.9. The molecule has 190 valence electrons. The smallest absolute Gasteiger partial charge is 0.326 e. The van der Waals surface area contributed by atoms with Gasteiger partial charge in [-0.1, -0.05) is 48.5 Å². The molecule has 4 aromatic rings. The number of H-pyrrole nitrogens is 1. The number of anilines is 2. The molecule has 0 aliphatic carbocycles. The van der Waals surface area contributed by atoms with Crippen molar-refractivity contribution < 1.29 is 19.5 Å². The summed E-state index contributed by atoms with van der Waals surface area (Å²) >= 11 is 0. The lowest BCUT2D eigenvalue weighted by Crippen LogP contribution is -2.34. The minimum absolute atomic E-state index is 0.132. The Hall–Kier alpha value is -4.95. The zero-order valence-electron chi connectivity index (χ0n) is 20.9. The first kappa shape index (κ1) is 24.7. The van der Waals surface area contributed by atoms with Gasteiger partial charge in [0.15, 0.2) is 0 Å². The van der Waals surface area contributed by atoms with Gasteiger partial charge in [0.25, 0.3) is 11.8 Å². The summed E-state index contributed by atoms with van der Waals surface area (Å²) in [5.74, 6) is -0.811. The van der Waals surface area contributed by atoms with E-state index < -0.39 is 11.9 Å². The van der Waals surface area contributed by atoms with Crippen molar-refractivity contribution in [3.8, 4) is 11.1 Å². The molecule has 4 amide bonds. The number of nitrogens with one attached hydrogen (secondary N) is 4. The van der Waals surface area contributed by atoms with Crippen LogP contribution in [0.1, 0.15) is 38.4 Å². The van der Waals surface area contributed by atoms with E-state index in [0.717, 1.165) is 28.1 Å². The van der Waals surface area contributed by atoms with Crippen LogP contribution in [0.4, 0.5) is 16.2 Å². The molecule has 0 saturated heterocycles. The van der Waals surface area contributed by atoms with Crippen molar-refractivity contribution in [2.75, 3.05) is 10.6 Å². The van der Waals surface area contributed by atoms with E-state index in [1.807, 2.05) is 38.1 Å². The third-order valence-corrected chi connectivity index (χ3v) is 6.51. The Balaban J connectivity index is 1.33. The number of aliphatic hydroxyl groups is 1. The number of hydrogen-bond donors (Lipinski definition) is 5. The average Bonchev–Trinajstić information content (AvgIpc) is 3.38. The Morgan fingerprint density at radius 1 is 0.974 bits per heavy atom. The Morgan fingerprint density at radius 2 is 1.71 bits per heavy atom. The maximum absolute atomic E-state index is 12.8. The monoisotopic (exact) mass is 506 g/mol. The van der Waals surface area contributed by atoms with Gasteiger partial charge in [-0.3, -0.25) is 14.9 Å². The number of aliphatic hydroxyl groups excluding tert-OH is 1. The highest BCUT2D eigenvalue weighted by Crippen LogP contribution is 2.37. The van der Waals surface area contributed by atoms with Crippen molar-refractivity contribution in [3.05, 3.63) is 106 Å². The molecule has 5 N–H and O–H groups in total. The molecule has 1 aromatic heterocycles. The summed E-state index contributed by atoms with van der Waals surface area (Å²) in [6, 6.07) is 20.8. The van der Waals surface area contributed by atoms with E-state index in [2.05, 4.69) is 33.1 Å². The maximum Gasteiger partial charge on any atom is 0.326 e. The van der Waals surface area contributed by atoms with Gasteiger partial charge >= 0.3 is 6.03 Å². The Morgan fingerprint density at radius 3 is 2.42 bits per heavy atom. The third kappa shape index (κ3) is 4.85. The number of benzene rings is 3. The first-order chi connectivity index (χ1) is 18.3. The molecule has 0 saturated carbocycles. The van der Waals surface area contributed by atoms with Crippen LogP contribution in [0.25, 0.3) is 22.8 Å². The lowest BCUT2D eigenvalue weighted by Gasteiger charge is -2.08. The molecule has 5 rings (SSSR count). The number of hydrogen-bond acceptors (Lipinski definition) is 4. The highest BCUT2D eigenvalue weighted by atomic mass is 16.3. The topological polar surface area (TPSA) is 123 Å². The molecule has 1 aliphatic rings. The molecule has 8 nitrogen and oxygen atoms in total. The summed E-state index contributed by atoms with van der Waals surface area (Å²) < 4.78 is 0. The van der Waals surface area contributed by atoms with Gasteiger partial charge in [-0.15, -0.1) is 0 Å². The zero-order valence-corrected chi connectivity index (χ0v) is 20.9. The summed E-state index contributed by atoms with van der Waals surface area (Å²) in [6.45, 7) is 3.91. The van der Waals surface area contributed by atoms with Gasteiger partial charge in [0.2, 0.25) is 0 Å². The molecule has 38 heavy (non-hydrogen) atoms. The van der Waals surface area contributed by atoms with Gasteiger partial charge in [-0.05, 0) is 60.9 Å². The standard InChI is InChI=1S/C30H26N4O4/c1-17-25(31-18(2)27(17)20-6-4-3-5-7-20)15-24-23-13-12-22(14-26(23)33-29(24)37)32-30(38)34-28(36)21-10-8-19(16-35)9-11-21/h3-15,31,35H,16H2,1-2H3,(H,33,37)(H2,32,34,36,38)/b24-15-. The molecule has 0 fully saturated rings. The summed E-state index contributed by atoms with van der Waals surface area (Å²) in [7, 11) is 0. The van der Waals surface area contributed by atoms with E-state index in [-0.39, 0.29) is 12.5 Å². The van der Waals surface area contributed by atoms with Crippen molar-refractivity contribution in [2.45, 2.75) is 20.5 Å². The number of imide groups is 1. The van der Waals surface area contributed by atoms with E-state index in [9.17, 15) is 14.4 Å². The van der Waals surface area contributed by atoms with Crippen LogP contribution in [-0.2, 0) is 11.4 Å². The zero-order chi connectivity index (χ0) is 26.8. The second-order valence-electron chi connectivity index (χ2n) is 9.07. The lowest BCUT2D eigenvalue weighted by atomic mass is 10.00. The van der Waals surface area contributed by atoms with E-state index in [1.165, 1.54) is 12.1 Å². The number of aromatic nitrogens is 1. The highest BCUT2D eigenvalue weighted by molar-refractivity contribution is 6.35. The van der Waals surface area contributed by atoms with Crippen molar-refractivity contribution in [1.29, 1.82) is 0 Å². The normalized spacial score (nSPS) is 13.2. The average molecular weight is 507 g/mol. The quantitative estimate of drug-likeness (QED) is 0.237. The summed E-state index contributed by atoms with van der Waals surface area (Å²) in [4.78, 5) is 41.0. The number of carbonyl (C=O) groups excluding carboxylic acids is 3. The molecular weight excluding hydrogens is 480 g/mol. The minimum atomic E-state index is -0.702. The van der Waals surface area contributed by atoms with Crippen LogP contribution >= 0.6 is 0 Å². The predicted molar refractivity (Wildman–Crippen MR) is 147 cm³/mol. The summed E-state index contributed by atoms with van der Waals surface area (Å²) in [5.41, 5.74) is 8.31. The maximum atomic E-state index is 12.8. The molecule has 0 bridgehead atoms. The molecule has 0 radical (unpaired) electrons. The number of amides is 4. The van der Waals surface area contributed by atoms with Gasteiger partial charge in [-0.2, -0.15) is 0 Å². The number of carbonyl (C=O) groups is 3. The van der Waals surface area contributed by atoms with E-state index in [4.69, 9.17) is 5.11 Å². The SMILES string of the molecule is Cc1[nH]c(/C=C2\C(=O)Nc3cc(NC(=O)NC(=O)c4ccc(CO)cc4)ccc32)c(C)c1-c1ccccc1. The van der Waals surface area contributed by atoms with Crippen molar-refractivity contribution in [2.24, 2.45) is 0 Å². The van der Waals surface area contributed by atoms with Crippen LogP contribution in [0.15, 0.2) is 72.8 Å². The van der Waals surface area contributed by atoms with Crippen LogP contribution < -0.4 is 16.0 Å². The Bertz CT molecular complexity index is 1580. The molecular formula is C30H26N4O4. The minimum Gasteiger partial charge on any atom is -0.392 e. The molecule has 2 heterocycles. The van der Waals surface area contributed by atoms with E-state index >= 15 is 0 Å². The van der Waals surface area contributed by atoms with Gasteiger partial charge < -0.3 is 20.7 Å². The molecule has 0 spiro atoms. The number of urea groups is 1. The van der Waals surface area contributed by atoms with Crippen molar-refractivity contribution in [3.63, 3.8) is 0 Å². The number of rotatable bonds is 5. The van der Waals surface area contributed by atoms with Crippen molar-refractivity contribution >= 4 is 40.9 Å². The number of aromatic amines is 1. The summed E-state index contributed by atoms with van der Waals surface area (Å²) in [6.07, 6.45) is 1.84. The second-order valence-corrected chi connectivity index (χ2v) is 9.07. The van der Waals surface area contributed by atoms with Crippen LogP contribution in [0.2, 0.25) is 0 Å². The van der Waals surface area contributed by atoms with Crippen LogP contribution in [0.5, 0.6) is 0 Å². The fourth-order valence-electron chi connectivity index (χ4n) is 4.62. The molecule has 0 unspecified atom stereocenters. The second kappa shape index (κ2) is 10.2. The van der Waals surface area contributed by atoms with Crippen LogP contribution in [-0.4, -0.2) is 27.9 Å². The van der Waals surface area contributed by atoms with Crippen LogP contribution in [0.3, 0.4) is 0 Å². The Kier molecular flexibility index (Phi) is 6.64. The van der Waals surface area contributed by atoms with E-state index in [1.54, 1.807) is 30.3 Å². The lowest BCUT2D eigenvalue weighted by molar-refractivity contribution is -0.110. The van der Waals surface area contributed by atoms with Crippen molar-refractivity contribution in [1.82, 2.24) is 10.3 Å². The highest BCUT2D eigenvalue weighted by Gasteiger charge is 2.25. The number of aryl methyl sites for hydroxylation is 1. The molecule has 8 heteroatoms. The first-order valence-electron chi connectivity index (χ1n) is 12.1. The van der Waals surface area contributed by atoms with Gasteiger partial charge in [0.05, 0.1) is 17.9 Å². The number of fused-ring (bicyclic) bond motifs is 1. The van der Waals surface area contributed by atoms with Crippen LogP contribution in [0, 0.1) is 13.8 Å². The first-order valence-corrected chi connectivity index (χ1v) is 12.1. The fraction of sp³-hybridized carbons (Fsp3) is 0.100. The van der Waals surface area contributed by atoms with Gasteiger partial charge in [-0.25, -0.2) is 4.79 Å². The molecule has 3 aromatic carbocycles. The Labute approximate surface area is 219 Å². The van der Waals surface area contributed by atoms with E-state index in [0.29, 0.717) is 33.6 Å². The fourth-order valence-corrected chi connectivity index (χ4v) is 4.62. The molecule has 0 atom stereocenters. The predicted octanol–water partition coefficient (Wildman–Crippen LogP) is 5.25. The molecule has 1 aliphatic heterocycles.